The highest BCUT2D eigenvalue weighted by molar-refractivity contribution is 9.10. The third-order valence-corrected chi connectivity index (χ3v) is 6.94. The van der Waals surface area contributed by atoms with Gasteiger partial charge in [0.05, 0.1) is 20.8 Å². The molecule has 6 nitrogen and oxygen atoms in total. The van der Waals surface area contributed by atoms with Crippen LogP contribution in [0.1, 0.15) is 18.5 Å². The molecule has 0 spiro atoms. The first-order chi connectivity index (χ1) is 13.3. The average Bonchev–Trinajstić information content (AvgIpc) is 3.01. The highest BCUT2D eigenvalue weighted by atomic mass is 79.9. The fourth-order valence-electron chi connectivity index (χ4n) is 2.87. The van der Waals surface area contributed by atoms with Gasteiger partial charge in [-0.15, -0.1) is 0 Å². The maximum atomic E-state index is 12.5. The lowest BCUT2D eigenvalue weighted by atomic mass is 10.1. The van der Waals surface area contributed by atoms with E-state index in [2.05, 4.69) is 26.3 Å². The second-order valence-electron chi connectivity index (χ2n) is 6.61. The van der Waals surface area contributed by atoms with Crippen molar-refractivity contribution in [1.82, 2.24) is 15.1 Å². The molecule has 3 rings (SSSR count). The quantitative estimate of drug-likeness (QED) is 0.518. The molecule has 2 aromatic carbocycles. The Hall–Kier alpha value is -2.19. The molecule has 1 heterocycles. The minimum absolute atomic E-state index is 0.0540. The van der Waals surface area contributed by atoms with Gasteiger partial charge in [0.2, 0.25) is 5.91 Å². The number of hydrogen-bond donors (Lipinski definition) is 1. The molecule has 0 atom stereocenters. The zero-order chi connectivity index (χ0) is 20.1. The van der Waals surface area contributed by atoms with E-state index in [-0.39, 0.29) is 23.0 Å². The molecule has 0 aliphatic heterocycles. The zero-order valence-electron chi connectivity index (χ0n) is 15.6. The van der Waals surface area contributed by atoms with Crippen LogP contribution >= 0.6 is 15.9 Å². The molecule has 1 aromatic heterocycles. The van der Waals surface area contributed by atoms with Crippen LogP contribution in [0.15, 0.2) is 58.0 Å². The van der Waals surface area contributed by atoms with Crippen molar-refractivity contribution in [2.75, 3.05) is 12.3 Å². The molecular formula is C20H22BrN3O3S. The highest BCUT2D eigenvalue weighted by Crippen LogP contribution is 2.20. The standard InChI is InChI=1S/C20H22BrN3O3S/c1-15-19(21)14-24(23-15)11-4-10-22-20(25)9-12-28(26,27)18-8-7-16-5-2-3-6-17(16)13-18/h2-3,5-8,13-14H,4,9-12H2,1H3,(H,22,25). The SMILES string of the molecule is Cc1nn(CCCNC(=O)CCS(=O)(=O)c2ccc3ccccc3c2)cc1Br. The summed E-state index contributed by atoms with van der Waals surface area (Å²) in [5.41, 5.74) is 0.919. The first kappa shape index (κ1) is 20.5. The second kappa shape index (κ2) is 8.87. The molecule has 0 saturated carbocycles. The summed E-state index contributed by atoms with van der Waals surface area (Å²) < 4.78 is 27.8. The summed E-state index contributed by atoms with van der Waals surface area (Å²) in [6, 6.07) is 12.6. The number of amides is 1. The summed E-state index contributed by atoms with van der Waals surface area (Å²) >= 11 is 3.41. The van der Waals surface area contributed by atoms with Crippen LogP contribution in [0.2, 0.25) is 0 Å². The molecule has 8 heteroatoms. The fourth-order valence-corrected chi connectivity index (χ4v) is 4.46. The van der Waals surface area contributed by atoms with Gasteiger partial charge in [-0.1, -0.05) is 30.3 Å². The van der Waals surface area contributed by atoms with E-state index in [4.69, 9.17) is 0 Å². The van der Waals surface area contributed by atoms with Crippen LogP contribution in [0.25, 0.3) is 10.8 Å². The van der Waals surface area contributed by atoms with Crippen LogP contribution in [0.4, 0.5) is 0 Å². The number of benzene rings is 2. The topological polar surface area (TPSA) is 81.1 Å². The van der Waals surface area contributed by atoms with E-state index >= 15 is 0 Å². The Morgan fingerprint density at radius 1 is 1.18 bits per heavy atom. The number of carbonyl (C=O) groups excluding carboxylic acids is 1. The summed E-state index contributed by atoms with van der Waals surface area (Å²) in [5, 5.41) is 8.95. The monoisotopic (exact) mass is 463 g/mol. The van der Waals surface area contributed by atoms with Gasteiger partial charge in [0, 0.05) is 25.7 Å². The molecule has 1 N–H and O–H groups in total. The highest BCUT2D eigenvalue weighted by Gasteiger charge is 2.16. The molecule has 0 bridgehead atoms. The summed E-state index contributed by atoms with van der Waals surface area (Å²) in [5.74, 6) is -0.468. The number of fused-ring (bicyclic) bond motifs is 1. The van der Waals surface area contributed by atoms with Gasteiger partial charge in [0.25, 0.3) is 0 Å². The van der Waals surface area contributed by atoms with Crippen molar-refractivity contribution in [2.45, 2.75) is 31.2 Å². The smallest absolute Gasteiger partial charge is 0.221 e. The van der Waals surface area contributed by atoms with Crippen molar-refractivity contribution in [2.24, 2.45) is 0 Å². The largest absolute Gasteiger partial charge is 0.356 e. The minimum atomic E-state index is -3.50. The molecule has 0 radical (unpaired) electrons. The van der Waals surface area contributed by atoms with Gasteiger partial charge in [-0.2, -0.15) is 5.10 Å². The number of sulfone groups is 1. The number of nitrogens with one attached hydrogen (secondary N) is 1. The summed E-state index contributed by atoms with van der Waals surface area (Å²) in [6.07, 6.45) is 2.56. The molecule has 148 valence electrons. The van der Waals surface area contributed by atoms with Crippen LogP contribution in [0.5, 0.6) is 0 Å². The first-order valence-corrected chi connectivity index (χ1v) is 11.5. The summed E-state index contributed by atoms with van der Waals surface area (Å²) in [7, 11) is -3.50. The maximum Gasteiger partial charge on any atom is 0.221 e. The van der Waals surface area contributed by atoms with Gasteiger partial charge < -0.3 is 5.32 Å². The average molecular weight is 464 g/mol. The molecule has 0 saturated heterocycles. The van der Waals surface area contributed by atoms with E-state index in [1.54, 1.807) is 18.2 Å². The summed E-state index contributed by atoms with van der Waals surface area (Å²) in [6.45, 7) is 3.08. The van der Waals surface area contributed by atoms with Crippen molar-refractivity contribution in [3.63, 3.8) is 0 Å². The normalized spacial score (nSPS) is 11.6. The number of halogens is 1. The first-order valence-electron chi connectivity index (χ1n) is 9.03. The van der Waals surface area contributed by atoms with Crippen molar-refractivity contribution in [1.29, 1.82) is 0 Å². The molecule has 0 aliphatic rings. The molecular weight excluding hydrogens is 442 g/mol. The van der Waals surface area contributed by atoms with Gasteiger partial charge in [-0.3, -0.25) is 9.48 Å². The second-order valence-corrected chi connectivity index (χ2v) is 9.57. The predicted molar refractivity (Wildman–Crippen MR) is 113 cm³/mol. The number of rotatable bonds is 8. The zero-order valence-corrected chi connectivity index (χ0v) is 18.0. The van der Waals surface area contributed by atoms with Crippen LogP contribution in [-0.4, -0.2) is 36.4 Å². The van der Waals surface area contributed by atoms with Crippen LogP contribution in [-0.2, 0) is 21.2 Å². The molecule has 3 aromatic rings. The van der Waals surface area contributed by atoms with E-state index < -0.39 is 9.84 Å². The number of carbonyl (C=O) groups is 1. The van der Waals surface area contributed by atoms with Crippen molar-refractivity contribution in [3.8, 4) is 0 Å². The van der Waals surface area contributed by atoms with E-state index in [1.165, 1.54) is 0 Å². The van der Waals surface area contributed by atoms with E-state index in [0.29, 0.717) is 13.1 Å². The lowest BCUT2D eigenvalue weighted by Crippen LogP contribution is -2.27. The van der Waals surface area contributed by atoms with Crippen LogP contribution < -0.4 is 5.32 Å². The molecule has 0 unspecified atom stereocenters. The minimum Gasteiger partial charge on any atom is -0.356 e. The lowest BCUT2D eigenvalue weighted by molar-refractivity contribution is -0.120. The van der Waals surface area contributed by atoms with Gasteiger partial charge in [-0.05, 0) is 52.2 Å². The van der Waals surface area contributed by atoms with Gasteiger partial charge in [-0.25, -0.2) is 8.42 Å². The Bertz CT molecular complexity index is 1070. The maximum absolute atomic E-state index is 12.5. The van der Waals surface area contributed by atoms with Crippen molar-refractivity contribution in [3.05, 3.63) is 58.8 Å². The Labute approximate surface area is 173 Å². The molecule has 1 amide bonds. The van der Waals surface area contributed by atoms with Crippen molar-refractivity contribution < 1.29 is 13.2 Å². The number of aryl methyl sites for hydroxylation is 2. The molecule has 0 fully saturated rings. The van der Waals surface area contributed by atoms with Crippen molar-refractivity contribution >= 4 is 42.4 Å². The Morgan fingerprint density at radius 3 is 2.64 bits per heavy atom. The Balaban J connectivity index is 1.47. The third kappa shape index (κ3) is 5.20. The van der Waals surface area contributed by atoms with Crippen LogP contribution in [0, 0.1) is 6.92 Å². The van der Waals surface area contributed by atoms with E-state index in [0.717, 1.165) is 27.4 Å². The molecule has 0 aliphatic carbocycles. The van der Waals surface area contributed by atoms with Gasteiger partial charge in [0.1, 0.15) is 0 Å². The fraction of sp³-hybridized carbons (Fsp3) is 0.300. The number of aromatic nitrogens is 2. The number of nitrogens with zero attached hydrogens (tertiary/aromatic N) is 2. The van der Waals surface area contributed by atoms with Gasteiger partial charge in [0.15, 0.2) is 9.84 Å². The van der Waals surface area contributed by atoms with Gasteiger partial charge >= 0.3 is 0 Å². The Morgan fingerprint density at radius 2 is 1.93 bits per heavy atom. The number of hydrogen-bond acceptors (Lipinski definition) is 4. The van der Waals surface area contributed by atoms with E-state index in [9.17, 15) is 13.2 Å². The predicted octanol–water partition coefficient (Wildman–Crippen LogP) is 3.48. The Kier molecular flexibility index (Phi) is 6.51. The third-order valence-electron chi connectivity index (χ3n) is 4.45. The lowest BCUT2D eigenvalue weighted by Gasteiger charge is -2.07. The van der Waals surface area contributed by atoms with E-state index in [1.807, 2.05) is 42.1 Å². The van der Waals surface area contributed by atoms with Crippen LogP contribution in [0.3, 0.4) is 0 Å². The summed E-state index contributed by atoms with van der Waals surface area (Å²) in [4.78, 5) is 12.2. The molecule has 28 heavy (non-hydrogen) atoms.